The van der Waals surface area contributed by atoms with E-state index in [9.17, 15) is 0 Å². The van der Waals surface area contributed by atoms with Gasteiger partial charge in [-0.2, -0.15) is 0 Å². The molecule has 0 spiro atoms. The Morgan fingerprint density at radius 2 is 1.67 bits per heavy atom. The molecule has 84 valence electrons. The van der Waals surface area contributed by atoms with Crippen molar-refractivity contribution in [3.63, 3.8) is 0 Å². The molecule has 0 aliphatic carbocycles. The fourth-order valence-electron chi connectivity index (χ4n) is 1.41. The SMILES string of the molecule is CCCCCCCCSc1ncccn1. The Balaban J connectivity index is 1.93. The molecule has 0 saturated carbocycles. The highest BCUT2D eigenvalue weighted by molar-refractivity contribution is 7.99. The summed E-state index contributed by atoms with van der Waals surface area (Å²) >= 11 is 1.76. The average molecular weight is 224 g/mol. The van der Waals surface area contributed by atoms with E-state index in [1.54, 1.807) is 24.2 Å². The summed E-state index contributed by atoms with van der Waals surface area (Å²) in [5.41, 5.74) is 0. The molecule has 0 fully saturated rings. The Bertz CT molecular complexity index is 239. The van der Waals surface area contributed by atoms with Gasteiger partial charge in [0.15, 0.2) is 5.16 Å². The molecule has 0 aromatic carbocycles. The minimum absolute atomic E-state index is 0.908. The average Bonchev–Trinajstić information content (AvgIpc) is 2.29. The molecule has 2 nitrogen and oxygen atoms in total. The molecule has 3 heteroatoms. The van der Waals surface area contributed by atoms with Crippen LogP contribution in [-0.4, -0.2) is 15.7 Å². The van der Waals surface area contributed by atoms with E-state index in [1.165, 1.54) is 38.5 Å². The van der Waals surface area contributed by atoms with Crippen LogP contribution in [-0.2, 0) is 0 Å². The highest BCUT2D eigenvalue weighted by Gasteiger charge is 1.95. The first-order valence-electron chi connectivity index (χ1n) is 5.83. The van der Waals surface area contributed by atoms with Crippen LogP contribution in [0.25, 0.3) is 0 Å². The summed E-state index contributed by atoms with van der Waals surface area (Å²) < 4.78 is 0. The Morgan fingerprint density at radius 3 is 2.40 bits per heavy atom. The molecule has 1 rings (SSSR count). The van der Waals surface area contributed by atoms with Crippen LogP contribution in [0.15, 0.2) is 23.6 Å². The van der Waals surface area contributed by atoms with Crippen LogP contribution in [0.5, 0.6) is 0 Å². The number of hydrogen-bond acceptors (Lipinski definition) is 3. The predicted octanol–water partition coefficient (Wildman–Crippen LogP) is 3.93. The van der Waals surface area contributed by atoms with E-state index in [0.29, 0.717) is 0 Å². The summed E-state index contributed by atoms with van der Waals surface area (Å²) in [5, 5.41) is 0.908. The maximum Gasteiger partial charge on any atom is 0.187 e. The van der Waals surface area contributed by atoms with E-state index in [4.69, 9.17) is 0 Å². The second-order valence-corrected chi connectivity index (χ2v) is 4.71. The van der Waals surface area contributed by atoms with Gasteiger partial charge < -0.3 is 0 Å². The predicted molar refractivity (Wildman–Crippen MR) is 66.1 cm³/mol. The lowest BCUT2D eigenvalue weighted by Gasteiger charge is -2.00. The van der Waals surface area contributed by atoms with E-state index in [1.807, 2.05) is 6.07 Å². The summed E-state index contributed by atoms with van der Waals surface area (Å²) in [5.74, 6) is 1.15. The fourth-order valence-corrected chi connectivity index (χ4v) is 2.21. The molecule has 0 bridgehead atoms. The number of rotatable bonds is 8. The molecule has 1 heterocycles. The van der Waals surface area contributed by atoms with E-state index in [2.05, 4.69) is 16.9 Å². The molecule has 15 heavy (non-hydrogen) atoms. The zero-order chi connectivity index (χ0) is 10.8. The molecular weight excluding hydrogens is 204 g/mol. The van der Waals surface area contributed by atoms with Crippen LogP contribution in [0.3, 0.4) is 0 Å². The largest absolute Gasteiger partial charge is 0.231 e. The third kappa shape index (κ3) is 6.50. The first-order chi connectivity index (χ1) is 7.43. The highest BCUT2D eigenvalue weighted by Crippen LogP contribution is 2.14. The third-order valence-electron chi connectivity index (χ3n) is 2.27. The minimum atomic E-state index is 0.908. The van der Waals surface area contributed by atoms with Gasteiger partial charge in [0.25, 0.3) is 0 Å². The van der Waals surface area contributed by atoms with Crippen molar-refractivity contribution < 1.29 is 0 Å². The summed E-state index contributed by atoms with van der Waals surface area (Å²) in [4.78, 5) is 8.36. The smallest absolute Gasteiger partial charge is 0.187 e. The van der Waals surface area contributed by atoms with Gasteiger partial charge in [0, 0.05) is 18.1 Å². The zero-order valence-electron chi connectivity index (χ0n) is 9.48. The standard InChI is InChI=1S/C12H20N2S/c1-2-3-4-5-6-7-11-15-12-13-9-8-10-14-12/h8-10H,2-7,11H2,1H3. The van der Waals surface area contributed by atoms with Crippen molar-refractivity contribution >= 4 is 11.8 Å². The molecule has 0 unspecified atom stereocenters. The van der Waals surface area contributed by atoms with Crippen molar-refractivity contribution in [1.29, 1.82) is 0 Å². The first kappa shape index (κ1) is 12.5. The van der Waals surface area contributed by atoms with Crippen molar-refractivity contribution in [2.75, 3.05) is 5.75 Å². The lowest BCUT2D eigenvalue weighted by Crippen LogP contribution is -1.86. The van der Waals surface area contributed by atoms with Gasteiger partial charge in [0.1, 0.15) is 0 Å². The number of hydrogen-bond donors (Lipinski definition) is 0. The molecule has 1 aromatic rings. The van der Waals surface area contributed by atoms with Gasteiger partial charge in [-0.05, 0) is 12.5 Å². The molecule has 0 atom stereocenters. The van der Waals surface area contributed by atoms with Gasteiger partial charge in [-0.3, -0.25) is 0 Å². The van der Waals surface area contributed by atoms with Gasteiger partial charge in [0.2, 0.25) is 0 Å². The van der Waals surface area contributed by atoms with Crippen molar-refractivity contribution in [2.45, 2.75) is 50.6 Å². The normalized spacial score (nSPS) is 10.5. The van der Waals surface area contributed by atoms with Gasteiger partial charge in [-0.25, -0.2) is 9.97 Å². The monoisotopic (exact) mass is 224 g/mol. The maximum atomic E-state index is 4.18. The minimum Gasteiger partial charge on any atom is -0.231 e. The van der Waals surface area contributed by atoms with Crippen LogP contribution >= 0.6 is 11.8 Å². The zero-order valence-corrected chi connectivity index (χ0v) is 10.3. The van der Waals surface area contributed by atoms with Crippen LogP contribution in [0.4, 0.5) is 0 Å². The molecule has 0 amide bonds. The number of thioether (sulfide) groups is 1. The second-order valence-electron chi connectivity index (χ2n) is 3.65. The van der Waals surface area contributed by atoms with Crippen molar-refractivity contribution in [3.8, 4) is 0 Å². The van der Waals surface area contributed by atoms with Crippen LogP contribution in [0, 0.1) is 0 Å². The Hall–Kier alpha value is -0.570. The maximum absolute atomic E-state index is 4.18. The van der Waals surface area contributed by atoms with E-state index in [0.717, 1.165) is 10.9 Å². The molecular formula is C12H20N2S. The topological polar surface area (TPSA) is 25.8 Å². The molecule has 0 radical (unpaired) electrons. The van der Waals surface area contributed by atoms with Crippen LogP contribution in [0.2, 0.25) is 0 Å². The molecule has 0 aliphatic heterocycles. The van der Waals surface area contributed by atoms with Gasteiger partial charge in [-0.1, -0.05) is 50.8 Å². The van der Waals surface area contributed by atoms with E-state index >= 15 is 0 Å². The quantitative estimate of drug-likeness (QED) is 0.380. The number of nitrogens with zero attached hydrogens (tertiary/aromatic N) is 2. The van der Waals surface area contributed by atoms with Crippen molar-refractivity contribution in [2.24, 2.45) is 0 Å². The summed E-state index contributed by atoms with van der Waals surface area (Å²) in [6.07, 6.45) is 11.7. The molecule has 1 aromatic heterocycles. The lowest BCUT2D eigenvalue weighted by atomic mass is 10.1. The summed E-state index contributed by atoms with van der Waals surface area (Å²) in [6.45, 7) is 2.25. The van der Waals surface area contributed by atoms with Crippen molar-refractivity contribution in [1.82, 2.24) is 9.97 Å². The van der Waals surface area contributed by atoms with Gasteiger partial charge in [-0.15, -0.1) is 0 Å². The van der Waals surface area contributed by atoms with Crippen LogP contribution in [0.1, 0.15) is 45.4 Å². The molecule has 0 saturated heterocycles. The Morgan fingerprint density at radius 1 is 1.00 bits per heavy atom. The van der Waals surface area contributed by atoms with E-state index in [-0.39, 0.29) is 0 Å². The first-order valence-corrected chi connectivity index (χ1v) is 6.82. The fraction of sp³-hybridized carbons (Fsp3) is 0.667. The number of unbranched alkanes of at least 4 members (excludes halogenated alkanes) is 5. The number of aromatic nitrogens is 2. The Kier molecular flexibility index (Phi) is 7.26. The Labute approximate surface area is 96.9 Å². The van der Waals surface area contributed by atoms with Crippen molar-refractivity contribution in [3.05, 3.63) is 18.5 Å². The molecule has 0 N–H and O–H groups in total. The highest BCUT2D eigenvalue weighted by atomic mass is 32.2. The second kappa shape index (κ2) is 8.72. The van der Waals surface area contributed by atoms with E-state index < -0.39 is 0 Å². The molecule has 0 aliphatic rings. The van der Waals surface area contributed by atoms with Gasteiger partial charge >= 0.3 is 0 Å². The summed E-state index contributed by atoms with van der Waals surface area (Å²) in [6, 6.07) is 1.86. The third-order valence-corrected chi connectivity index (χ3v) is 3.23. The summed E-state index contributed by atoms with van der Waals surface area (Å²) in [7, 11) is 0. The van der Waals surface area contributed by atoms with Gasteiger partial charge in [0.05, 0.1) is 0 Å². The lowest BCUT2D eigenvalue weighted by molar-refractivity contribution is 0.627. The van der Waals surface area contributed by atoms with Crippen LogP contribution < -0.4 is 0 Å².